The Morgan fingerprint density at radius 3 is 2.57 bits per heavy atom. The van der Waals surface area contributed by atoms with Crippen LogP contribution in [0.3, 0.4) is 0 Å². The van der Waals surface area contributed by atoms with Crippen molar-refractivity contribution in [3.8, 4) is 0 Å². The highest BCUT2D eigenvalue weighted by Crippen LogP contribution is 2.23. The lowest BCUT2D eigenvalue weighted by atomic mass is 10.3. The van der Waals surface area contributed by atoms with Gasteiger partial charge in [-0.15, -0.1) is 0 Å². The number of aryl methyl sites for hydroxylation is 1. The Labute approximate surface area is 133 Å². The minimum absolute atomic E-state index is 0.161. The lowest BCUT2D eigenvalue weighted by molar-refractivity contribution is 0.314. The van der Waals surface area contributed by atoms with E-state index in [2.05, 4.69) is 20.9 Å². The van der Waals surface area contributed by atoms with Gasteiger partial charge >= 0.3 is 0 Å². The van der Waals surface area contributed by atoms with Crippen molar-refractivity contribution >= 4 is 26.0 Å². The molecule has 7 heteroatoms. The lowest BCUT2D eigenvalue weighted by Crippen LogP contribution is -2.36. The summed E-state index contributed by atoms with van der Waals surface area (Å²) >= 11 is 3.25. The van der Waals surface area contributed by atoms with Crippen molar-refractivity contribution in [3.05, 3.63) is 46.6 Å². The van der Waals surface area contributed by atoms with Gasteiger partial charge in [-0.05, 0) is 54.9 Å². The number of aromatic nitrogens is 1. The summed E-state index contributed by atoms with van der Waals surface area (Å²) in [7, 11) is -3.63. The van der Waals surface area contributed by atoms with E-state index in [1.54, 1.807) is 18.3 Å². The van der Waals surface area contributed by atoms with Gasteiger partial charge in [-0.1, -0.05) is 0 Å². The quantitative estimate of drug-likeness (QED) is 0.807. The van der Waals surface area contributed by atoms with Crippen molar-refractivity contribution in [3.63, 3.8) is 0 Å². The summed E-state index contributed by atoms with van der Waals surface area (Å²) < 4.78 is 33.0. The van der Waals surface area contributed by atoms with Crippen molar-refractivity contribution in [1.29, 1.82) is 0 Å². The molecule has 0 radical (unpaired) electrons. The predicted octanol–water partition coefficient (Wildman–Crippen LogP) is 3.34. The molecular formula is C14H17BrN2O3S. The predicted molar refractivity (Wildman–Crippen MR) is 83.2 cm³/mol. The third kappa shape index (κ3) is 3.72. The number of nitrogens with zero attached hydrogens (tertiary/aromatic N) is 2. The first-order chi connectivity index (χ1) is 9.80. The molecule has 2 aromatic heterocycles. The summed E-state index contributed by atoms with van der Waals surface area (Å²) in [5.41, 5.74) is 0. The van der Waals surface area contributed by atoms with Crippen LogP contribution < -0.4 is 0 Å². The zero-order valence-electron chi connectivity index (χ0n) is 12.1. The fraction of sp³-hybridized carbons (Fsp3) is 0.357. The van der Waals surface area contributed by atoms with Crippen LogP contribution in [0.4, 0.5) is 0 Å². The summed E-state index contributed by atoms with van der Waals surface area (Å²) in [4.78, 5) is 4.09. The highest BCUT2D eigenvalue weighted by Gasteiger charge is 2.28. The number of rotatable bonds is 5. The average molecular weight is 373 g/mol. The average Bonchev–Trinajstić information content (AvgIpc) is 2.81. The molecule has 0 saturated heterocycles. The van der Waals surface area contributed by atoms with Crippen molar-refractivity contribution in [2.24, 2.45) is 0 Å². The second-order valence-electron chi connectivity index (χ2n) is 5.00. The number of pyridine rings is 1. The van der Waals surface area contributed by atoms with Gasteiger partial charge in [0.15, 0.2) is 0 Å². The lowest BCUT2D eigenvalue weighted by Gasteiger charge is -2.24. The van der Waals surface area contributed by atoms with Gasteiger partial charge in [-0.3, -0.25) is 4.98 Å². The second-order valence-corrected chi connectivity index (χ2v) is 7.80. The molecule has 0 aliphatic carbocycles. The van der Waals surface area contributed by atoms with Gasteiger partial charge in [0.05, 0.1) is 6.54 Å². The van der Waals surface area contributed by atoms with Crippen LogP contribution in [0.25, 0.3) is 0 Å². The van der Waals surface area contributed by atoms with E-state index in [1.165, 1.54) is 10.5 Å². The minimum atomic E-state index is -3.63. The van der Waals surface area contributed by atoms with Gasteiger partial charge in [0.2, 0.25) is 10.0 Å². The van der Waals surface area contributed by atoms with E-state index in [0.717, 1.165) is 5.76 Å². The zero-order chi connectivity index (χ0) is 15.6. The van der Waals surface area contributed by atoms with Crippen molar-refractivity contribution in [1.82, 2.24) is 9.29 Å². The molecule has 0 unspecified atom stereocenters. The Balaban J connectivity index is 2.37. The van der Waals surface area contributed by atoms with E-state index in [0.29, 0.717) is 10.2 Å². The van der Waals surface area contributed by atoms with Gasteiger partial charge in [-0.25, -0.2) is 8.42 Å². The Kier molecular flexibility index (Phi) is 4.85. The second kappa shape index (κ2) is 6.29. The molecular weight excluding hydrogens is 356 g/mol. The molecule has 0 aromatic carbocycles. The SMILES string of the molecule is Cc1ccc(CN(C(C)C)S(=O)(=O)c2cncc(Br)c2)o1. The fourth-order valence-corrected chi connectivity index (χ4v) is 4.05. The smallest absolute Gasteiger partial charge is 0.245 e. The molecule has 0 fully saturated rings. The zero-order valence-corrected chi connectivity index (χ0v) is 14.5. The van der Waals surface area contributed by atoms with Gasteiger partial charge in [0, 0.05) is 22.9 Å². The molecule has 0 atom stereocenters. The maximum atomic E-state index is 12.8. The molecule has 21 heavy (non-hydrogen) atoms. The summed E-state index contributed by atoms with van der Waals surface area (Å²) in [6.07, 6.45) is 2.90. The first kappa shape index (κ1) is 16.2. The van der Waals surface area contributed by atoms with Crippen LogP contribution in [0, 0.1) is 6.92 Å². The molecule has 2 aromatic rings. The van der Waals surface area contributed by atoms with E-state index in [9.17, 15) is 8.42 Å². The highest BCUT2D eigenvalue weighted by molar-refractivity contribution is 9.10. The minimum Gasteiger partial charge on any atom is -0.465 e. The largest absolute Gasteiger partial charge is 0.465 e. The molecule has 5 nitrogen and oxygen atoms in total. The molecule has 2 heterocycles. The molecule has 0 bridgehead atoms. The standard InChI is InChI=1S/C14H17BrN2O3S/c1-10(2)17(9-13-5-4-11(3)20-13)21(18,19)14-6-12(15)7-16-8-14/h4-8,10H,9H2,1-3H3. The van der Waals surface area contributed by atoms with Crippen LogP contribution in [-0.2, 0) is 16.6 Å². The molecule has 0 aliphatic rings. The van der Waals surface area contributed by atoms with Crippen LogP contribution in [0.15, 0.2) is 44.4 Å². The van der Waals surface area contributed by atoms with E-state index in [1.807, 2.05) is 26.8 Å². The van der Waals surface area contributed by atoms with Gasteiger partial charge in [0.1, 0.15) is 16.4 Å². The highest BCUT2D eigenvalue weighted by atomic mass is 79.9. The van der Waals surface area contributed by atoms with Crippen molar-refractivity contribution in [2.45, 2.75) is 38.3 Å². The van der Waals surface area contributed by atoms with Crippen LogP contribution in [-0.4, -0.2) is 23.7 Å². The van der Waals surface area contributed by atoms with E-state index in [4.69, 9.17) is 4.42 Å². The fourth-order valence-electron chi connectivity index (χ4n) is 1.94. The molecule has 2 rings (SSSR count). The number of hydrogen-bond acceptors (Lipinski definition) is 4. The number of hydrogen-bond donors (Lipinski definition) is 0. The summed E-state index contributed by atoms with van der Waals surface area (Å²) in [6, 6.07) is 4.96. The maximum Gasteiger partial charge on any atom is 0.245 e. The first-order valence-electron chi connectivity index (χ1n) is 6.48. The van der Waals surface area contributed by atoms with Gasteiger partial charge in [0.25, 0.3) is 0 Å². The topological polar surface area (TPSA) is 63.4 Å². The number of halogens is 1. The van der Waals surface area contributed by atoms with E-state index in [-0.39, 0.29) is 17.5 Å². The third-order valence-corrected chi connectivity index (χ3v) is 5.39. The van der Waals surface area contributed by atoms with Crippen LogP contribution in [0.5, 0.6) is 0 Å². The van der Waals surface area contributed by atoms with Gasteiger partial charge in [-0.2, -0.15) is 4.31 Å². The Bertz CT molecular complexity index is 725. The Hall–Kier alpha value is -1.18. The number of furan rings is 1. The monoisotopic (exact) mass is 372 g/mol. The number of sulfonamides is 1. The van der Waals surface area contributed by atoms with E-state index >= 15 is 0 Å². The van der Waals surface area contributed by atoms with Crippen LogP contribution in [0.1, 0.15) is 25.4 Å². The first-order valence-corrected chi connectivity index (χ1v) is 8.71. The van der Waals surface area contributed by atoms with Crippen molar-refractivity contribution in [2.75, 3.05) is 0 Å². The molecule has 0 saturated carbocycles. The van der Waals surface area contributed by atoms with Crippen LogP contribution in [0.2, 0.25) is 0 Å². The third-order valence-electron chi connectivity index (χ3n) is 2.97. The van der Waals surface area contributed by atoms with E-state index < -0.39 is 10.0 Å². The molecule has 0 aliphatic heterocycles. The Morgan fingerprint density at radius 2 is 2.05 bits per heavy atom. The molecule has 114 valence electrons. The normalized spacial score (nSPS) is 12.3. The van der Waals surface area contributed by atoms with Gasteiger partial charge < -0.3 is 4.42 Å². The summed E-state index contributed by atoms with van der Waals surface area (Å²) in [5, 5.41) is 0. The molecule has 0 amide bonds. The van der Waals surface area contributed by atoms with Crippen LogP contribution >= 0.6 is 15.9 Å². The summed E-state index contributed by atoms with van der Waals surface area (Å²) in [5.74, 6) is 1.38. The summed E-state index contributed by atoms with van der Waals surface area (Å²) in [6.45, 7) is 5.69. The maximum absolute atomic E-state index is 12.8. The van der Waals surface area contributed by atoms with Crippen molar-refractivity contribution < 1.29 is 12.8 Å². The Morgan fingerprint density at radius 1 is 1.33 bits per heavy atom. The molecule has 0 spiro atoms. The molecule has 0 N–H and O–H groups in total.